The molecular formula is C53H30N4S2. The Hall–Kier alpha value is -7.25. The van der Waals surface area contributed by atoms with Crippen LogP contribution >= 0.6 is 22.7 Å². The van der Waals surface area contributed by atoms with Crippen molar-refractivity contribution in [3.8, 4) is 39.9 Å². The molecule has 0 aliphatic rings. The Morgan fingerprint density at radius 3 is 1.71 bits per heavy atom. The summed E-state index contributed by atoms with van der Waals surface area (Å²) in [6.45, 7) is 0. The van der Waals surface area contributed by atoms with Crippen LogP contribution in [0.1, 0.15) is 0 Å². The van der Waals surface area contributed by atoms with Crippen molar-refractivity contribution in [3.05, 3.63) is 182 Å². The number of hydrogen-bond donors (Lipinski definition) is 0. The standard InChI is InChI=1S/C53H30N4S2/c1-2-12-32-27-35(22-21-31(32)11-1)51-54-52(36-23-25-47-41(29-36)38-16-6-9-19-45(38)58-47)56-53(55-51)50-43(24-26-48-49(50)39-17-7-10-20-46(39)59-48)57-42-18-8-5-15-37(42)40-28-33-13-3-4-14-34(33)30-44(40)57/h1-30H. The molecule has 4 heterocycles. The highest BCUT2D eigenvalue weighted by Gasteiger charge is 2.24. The first kappa shape index (κ1) is 32.8. The number of fused-ring (bicyclic) bond motifs is 11. The number of rotatable bonds is 4. The Kier molecular flexibility index (Phi) is 7.02. The average Bonchev–Trinajstić information content (AvgIpc) is 3.96. The summed E-state index contributed by atoms with van der Waals surface area (Å²) in [5.74, 6) is 1.93. The van der Waals surface area contributed by atoms with Gasteiger partial charge in [0.1, 0.15) is 0 Å². The van der Waals surface area contributed by atoms with E-state index in [0.717, 1.165) is 44.2 Å². The lowest BCUT2D eigenvalue weighted by molar-refractivity contribution is 1.07. The fraction of sp³-hybridized carbons (Fsp3) is 0. The Bertz CT molecular complexity index is 3870. The van der Waals surface area contributed by atoms with Crippen molar-refractivity contribution in [2.45, 2.75) is 0 Å². The minimum Gasteiger partial charge on any atom is -0.308 e. The molecule has 0 amide bonds. The van der Waals surface area contributed by atoms with Gasteiger partial charge >= 0.3 is 0 Å². The molecule has 4 nitrogen and oxygen atoms in total. The van der Waals surface area contributed by atoms with Gasteiger partial charge in [0, 0.05) is 62.2 Å². The predicted molar refractivity (Wildman–Crippen MR) is 251 cm³/mol. The number of hydrogen-bond acceptors (Lipinski definition) is 5. The van der Waals surface area contributed by atoms with Crippen LogP contribution in [0.5, 0.6) is 0 Å². The maximum Gasteiger partial charge on any atom is 0.166 e. The molecule has 59 heavy (non-hydrogen) atoms. The number of aromatic nitrogens is 4. The molecule has 9 aromatic carbocycles. The van der Waals surface area contributed by atoms with E-state index in [0.29, 0.717) is 17.5 Å². The minimum absolute atomic E-state index is 0.640. The maximum atomic E-state index is 5.52. The van der Waals surface area contributed by atoms with Crippen LogP contribution < -0.4 is 0 Å². The highest BCUT2D eigenvalue weighted by molar-refractivity contribution is 7.26. The fourth-order valence-electron chi connectivity index (χ4n) is 9.07. The van der Waals surface area contributed by atoms with Crippen LogP contribution in [0.15, 0.2) is 182 Å². The van der Waals surface area contributed by atoms with Gasteiger partial charge in [-0.2, -0.15) is 0 Å². The third-order valence-electron chi connectivity index (χ3n) is 11.8. The van der Waals surface area contributed by atoms with Crippen LogP contribution in [0.3, 0.4) is 0 Å². The van der Waals surface area contributed by atoms with Gasteiger partial charge in [0.25, 0.3) is 0 Å². The average molecular weight is 787 g/mol. The lowest BCUT2D eigenvalue weighted by Crippen LogP contribution is -2.04. The lowest BCUT2D eigenvalue weighted by Gasteiger charge is -2.16. The summed E-state index contributed by atoms with van der Waals surface area (Å²) in [5, 5.41) is 12.0. The molecule has 13 rings (SSSR count). The molecule has 0 fully saturated rings. The van der Waals surface area contributed by atoms with E-state index in [9.17, 15) is 0 Å². The summed E-state index contributed by atoms with van der Waals surface area (Å²) in [6, 6.07) is 65.6. The molecule has 0 atom stereocenters. The highest BCUT2D eigenvalue weighted by atomic mass is 32.1. The molecule has 0 aliphatic carbocycles. The van der Waals surface area contributed by atoms with Crippen LogP contribution in [0.4, 0.5) is 0 Å². The van der Waals surface area contributed by atoms with Gasteiger partial charge in [0.2, 0.25) is 0 Å². The van der Waals surface area contributed by atoms with Crippen molar-refractivity contribution in [3.63, 3.8) is 0 Å². The third-order valence-corrected chi connectivity index (χ3v) is 14.1. The van der Waals surface area contributed by atoms with E-state index in [1.807, 2.05) is 22.7 Å². The summed E-state index contributed by atoms with van der Waals surface area (Å²) in [5.41, 5.74) is 6.20. The summed E-state index contributed by atoms with van der Waals surface area (Å²) >= 11 is 3.63. The molecule has 0 saturated heterocycles. The number of para-hydroxylation sites is 1. The van der Waals surface area contributed by atoms with Crippen molar-refractivity contribution < 1.29 is 0 Å². The quantitative estimate of drug-likeness (QED) is 0.178. The second-order valence-electron chi connectivity index (χ2n) is 15.2. The first-order chi connectivity index (χ1) is 29.2. The normalized spacial score (nSPS) is 12.1. The summed E-state index contributed by atoms with van der Waals surface area (Å²) < 4.78 is 7.37. The molecule has 0 aliphatic heterocycles. The SMILES string of the molecule is c1ccc2cc(-c3nc(-c4ccc5sc6ccccc6c5c4)nc(-c4c(-n5c6ccccc6c6cc7ccccc7cc65)ccc5sc6ccccc6c45)n3)ccc2c1. The van der Waals surface area contributed by atoms with E-state index in [4.69, 9.17) is 15.0 Å². The Morgan fingerprint density at radius 2 is 0.898 bits per heavy atom. The van der Waals surface area contributed by atoms with Crippen molar-refractivity contribution in [2.24, 2.45) is 0 Å². The summed E-state index contributed by atoms with van der Waals surface area (Å²) in [4.78, 5) is 16.3. The van der Waals surface area contributed by atoms with Crippen LogP contribution in [0.25, 0.3) is 124 Å². The molecule has 274 valence electrons. The van der Waals surface area contributed by atoms with Gasteiger partial charge in [0.05, 0.1) is 22.3 Å². The molecule has 0 unspecified atom stereocenters. The largest absolute Gasteiger partial charge is 0.308 e. The van der Waals surface area contributed by atoms with Crippen molar-refractivity contribution >= 4 is 106 Å². The van der Waals surface area contributed by atoms with Crippen molar-refractivity contribution in [2.75, 3.05) is 0 Å². The molecule has 0 N–H and O–H groups in total. The van der Waals surface area contributed by atoms with E-state index in [1.165, 1.54) is 61.9 Å². The van der Waals surface area contributed by atoms with E-state index < -0.39 is 0 Å². The van der Waals surface area contributed by atoms with E-state index in [2.05, 4.69) is 187 Å². The summed E-state index contributed by atoms with van der Waals surface area (Å²) in [6.07, 6.45) is 0. The van der Waals surface area contributed by atoms with Crippen molar-refractivity contribution in [1.29, 1.82) is 0 Å². The smallest absolute Gasteiger partial charge is 0.166 e. The first-order valence-corrected chi connectivity index (χ1v) is 21.4. The van der Waals surface area contributed by atoms with Gasteiger partial charge in [0.15, 0.2) is 17.5 Å². The second-order valence-corrected chi connectivity index (χ2v) is 17.3. The zero-order chi connectivity index (χ0) is 38.6. The highest BCUT2D eigenvalue weighted by Crippen LogP contribution is 2.46. The number of benzene rings is 9. The molecule has 0 bridgehead atoms. The molecule has 0 radical (unpaired) electrons. The zero-order valence-corrected chi connectivity index (χ0v) is 33.1. The topological polar surface area (TPSA) is 43.6 Å². The second kappa shape index (κ2) is 12.6. The third kappa shape index (κ3) is 5.04. The van der Waals surface area contributed by atoms with E-state index in [-0.39, 0.29) is 0 Å². The lowest BCUT2D eigenvalue weighted by atomic mass is 10.0. The fourth-order valence-corrected chi connectivity index (χ4v) is 11.3. The molecular weight excluding hydrogens is 757 g/mol. The van der Waals surface area contributed by atoms with Gasteiger partial charge in [-0.05, 0) is 88.3 Å². The van der Waals surface area contributed by atoms with Crippen LogP contribution in [0, 0.1) is 0 Å². The number of thiophene rings is 2. The first-order valence-electron chi connectivity index (χ1n) is 19.8. The Labute approximate surface area is 345 Å². The van der Waals surface area contributed by atoms with Crippen LogP contribution in [-0.2, 0) is 0 Å². The molecule has 0 spiro atoms. The molecule has 4 aromatic heterocycles. The monoisotopic (exact) mass is 786 g/mol. The Balaban J connectivity index is 1.16. The van der Waals surface area contributed by atoms with Crippen LogP contribution in [0.2, 0.25) is 0 Å². The van der Waals surface area contributed by atoms with Gasteiger partial charge in [-0.3, -0.25) is 0 Å². The zero-order valence-electron chi connectivity index (χ0n) is 31.4. The van der Waals surface area contributed by atoms with Gasteiger partial charge in [-0.1, -0.05) is 115 Å². The maximum absolute atomic E-state index is 5.52. The summed E-state index contributed by atoms with van der Waals surface area (Å²) in [7, 11) is 0. The van der Waals surface area contributed by atoms with Crippen LogP contribution in [-0.4, -0.2) is 19.5 Å². The van der Waals surface area contributed by atoms with Gasteiger partial charge in [-0.15, -0.1) is 22.7 Å². The Morgan fingerprint density at radius 1 is 0.339 bits per heavy atom. The van der Waals surface area contributed by atoms with Gasteiger partial charge < -0.3 is 4.57 Å². The van der Waals surface area contributed by atoms with E-state index >= 15 is 0 Å². The minimum atomic E-state index is 0.640. The number of nitrogens with zero attached hydrogens (tertiary/aromatic N) is 4. The van der Waals surface area contributed by atoms with E-state index in [1.54, 1.807) is 0 Å². The molecule has 13 aromatic rings. The molecule has 0 saturated carbocycles. The molecule has 6 heteroatoms. The predicted octanol–water partition coefficient (Wildman–Crippen LogP) is 15.0. The van der Waals surface area contributed by atoms with Gasteiger partial charge in [-0.25, -0.2) is 15.0 Å². The van der Waals surface area contributed by atoms with Crippen molar-refractivity contribution in [1.82, 2.24) is 19.5 Å².